The van der Waals surface area contributed by atoms with Crippen LogP contribution < -0.4 is 10.6 Å². The standard InChI is InChI=1S/C34H30N2O6/c1-2-19-41-33(39)35-25-17-15-24(16-18-25)23-13-11-22(12-14-23)20-31(32(37)38)36-34(40)42-21-30-28-9-5-3-7-26(28)27-8-4-6-10-29(27)30/h2-18,30-31H,1,19-21H2,(H,35,39)(H,36,40)(H,37,38)/t31-/m0/s1. The zero-order chi connectivity index (χ0) is 29.5. The van der Waals surface area contributed by atoms with Gasteiger partial charge in [0, 0.05) is 18.0 Å². The zero-order valence-electron chi connectivity index (χ0n) is 22.8. The highest BCUT2D eigenvalue weighted by Crippen LogP contribution is 2.44. The summed E-state index contributed by atoms with van der Waals surface area (Å²) >= 11 is 0. The summed E-state index contributed by atoms with van der Waals surface area (Å²) < 4.78 is 10.4. The van der Waals surface area contributed by atoms with Gasteiger partial charge in [-0.15, -0.1) is 0 Å². The number of carboxylic acids is 1. The van der Waals surface area contributed by atoms with Crippen LogP contribution in [0.3, 0.4) is 0 Å². The second kappa shape index (κ2) is 12.9. The predicted octanol–water partition coefficient (Wildman–Crippen LogP) is 6.62. The molecule has 0 bridgehead atoms. The average Bonchev–Trinajstić information content (AvgIpc) is 3.33. The molecule has 42 heavy (non-hydrogen) atoms. The van der Waals surface area contributed by atoms with Gasteiger partial charge >= 0.3 is 18.2 Å². The summed E-state index contributed by atoms with van der Waals surface area (Å²) in [5.41, 5.74) is 7.56. The molecule has 1 aliphatic rings. The summed E-state index contributed by atoms with van der Waals surface area (Å²) in [5.74, 6) is -1.27. The van der Waals surface area contributed by atoms with E-state index in [1.54, 1.807) is 12.1 Å². The van der Waals surface area contributed by atoms with Crippen molar-refractivity contribution in [1.82, 2.24) is 5.32 Å². The molecule has 0 radical (unpaired) electrons. The van der Waals surface area contributed by atoms with Crippen LogP contribution in [-0.4, -0.2) is 42.5 Å². The molecule has 4 aromatic rings. The Morgan fingerprint density at radius 2 is 1.36 bits per heavy atom. The number of fused-ring (bicyclic) bond motifs is 3. The number of rotatable bonds is 10. The maximum Gasteiger partial charge on any atom is 0.411 e. The fraction of sp³-hybridized carbons (Fsp3) is 0.147. The van der Waals surface area contributed by atoms with Crippen molar-refractivity contribution in [3.63, 3.8) is 0 Å². The number of carbonyl (C=O) groups is 3. The molecule has 2 amide bonds. The van der Waals surface area contributed by atoms with E-state index in [0.717, 1.165) is 38.9 Å². The smallest absolute Gasteiger partial charge is 0.411 e. The number of nitrogens with one attached hydrogen (secondary N) is 2. The molecule has 212 valence electrons. The Labute approximate surface area is 243 Å². The number of amides is 2. The van der Waals surface area contributed by atoms with Crippen LogP contribution in [0.2, 0.25) is 0 Å². The van der Waals surface area contributed by atoms with E-state index in [1.165, 1.54) is 6.08 Å². The number of hydrogen-bond donors (Lipinski definition) is 3. The summed E-state index contributed by atoms with van der Waals surface area (Å²) in [6.45, 7) is 3.73. The van der Waals surface area contributed by atoms with E-state index < -0.39 is 24.2 Å². The SMILES string of the molecule is C=CCOC(=O)Nc1ccc(-c2ccc(C[C@H](NC(=O)OCC3c4ccccc4-c4ccccc43)C(=O)O)cc2)cc1. The molecule has 0 fully saturated rings. The Morgan fingerprint density at radius 1 is 0.786 bits per heavy atom. The summed E-state index contributed by atoms with van der Waals surface area (Å²) in [6.07, 6.45) is 0.243. The molecule has 0 aliphatic heterocycles. The van der Waals surface area contributed by atoms with Crippen molar-refractivity contribution in [2.24, 2.45) is 0 Å². The van der Waals surface area contributed by atoms with Crippen LogP contribution in [0.25, 0.3) is 22.3 Å². The van der Waals surface area contributed by atoms with E-state index in [0.29, 0.717) is 5.69 Å². The molecule has 8 heteroatoms. The van der Waals surface area contributed by atoms with E-state index >= 15 is 0 Å². The predicted molar refractivity (Wildman–Crippen MR) is 160 cm³/mol. The van der Waals surface area contributed by atoms with Gasteiger partial charge in [-0.2, -0.15) is 0 Å². The zero-order valence-corrected chi connectivity index (χ0v) is 22.8. The lowest BCUT2D eigenvalue weighted by atomic mass is 9.98. The van der Waals surface area contributed by atoms with Gasteiger partial charge in [0.1, 0.15) is 19.3 Å². The lowest BCUT2D eigenvalue weighted by molar-refractivity contribution is -0.139. The first-order valence-electron chi connectivity index (χ1n) is 13.5. The van der Waals surface area contributed by atoms with Crippen molar-refractivity contribution in [1.29, 1.82) is 0 Å². The molecule has 0 aromatic heterocycles. The molecule has 0 saturated heterocycles. The van der Waals surface area contributed by atoms with Gasteiger partial charge in [-0.3, -0.25) is 5.32 Å². The largest absolute Gasteiger partial charge is 0.480 e. The van der Waals surface area contributed by atoms with Crippen molar-refractivity contribution < 1.29 is 29.0 Å². The van der Waals surface area contributed by atoms with Crippen molar-refractivity contribution in [2.75, 3.05) is 18.5 Å². The van der Waals surface area contributed by atoms with Crippen LogP contribution in [0.5, 0.6) is 0 Å². The quantitative estimate of drug-likeness (QED) is 0.187. The molecule has 1 aliphatic carbocycles. The fourth-order valence-corrected chi connectivity index (χ4v) is 5.09. The minimum atomic E-state index is -1.15. The van der Waals surface area contributed by atoms with Gasteiger partial charge in [-0.05, 0) is 51.1 Å². The first kappa shape index (κ1) is 28.2. The molecule has 8 nitrogen and oxygen atoms in total. The highest BCUT2D eigenvalue weighted by atomic mass is 16.6. The molecule has 0 unspecified atom stereocenters. The third kappa shape index (κ3) is 6.50. The van der Waals surface area contributed by atoms with Crippen LogP contribution in [-0.2, 0) is 20.7 Å². The first-order chi connectivity index (χ1) is 20.4. The molecule has 0 heterocycles. The van der Waals surface area contributed by atoms with Crippen LogP contribution in [0.15, 0.2) is 110 Å². The van der Waals surface area contributed by atoms with Crippen LogP contribution in [0, 0.1) is 0 Å². The van der Waals surface area contributed by atoms with Gasteiger partial charge in [0.05, 0.1) is 0 Å². The normalized spacial score (nSPS) is 12.4. The van der Waals surface area contributed by atoms with Gasteiger partial charge in [-0.1, -0.05) is 97.6 Å². The van der Waals surface area contributed by atoms with E-state index in [2.05, 4.69) is 29.3 Å². The number of alkyl carbamates (subject to hydrolysis) is 1. The van der Waals surface area contributed by atoms with E-state index in [9.17, 15) is 19.5 Å². The third-order valence-corrected chi connectivity index (χ3v) is 7.12. The molecule has 4 aromatic carbocycles. The fourth-order valence-electron chi connectivity index (χ4n) is 5.09. The summed E-state index contributed by atoms with van der Waals surface area (Å²) in [7, 11) is 0. The number of carboxylic acid groups (broad SMARTS) is 1. The molecule has 5 rings (SSSR count). The number of aliphatic carboxylic acids is 1. The molecular formula is C34H30N2O6. The lowest BCUT2D eigenvalue weighted by Gasteiger charge is -2.17. The average molecular weight is 563 g/mol. The van der Waals surface area contributed by atoms with Crippen molar-refractivity contribution in [2.45, 2.75) is 18.4 Å². The molecular weight excluding hydrogens is 532 g/mol. The van der Waals surface area contributed by atoms with Crippen LogP contribution in [0.4, 0.5) is 15.3 Å². The van der Waals surface area contributed by atoms with E-state index in [1.807, 2.05) is 72.8 Å². The molecule has 0 spiro atoms. The molecule has 1 atom stereocenters. The summed E-state index contributed by atoms with van der Waals surface area (Å²) in [5, 5.41) is 14.9. The monoisotopic (exact) mass is 562 g/mol. The van der Waals surface area contributed by atoms with Gasteiger partial charge in [0.2, 0.25) is 0 Å². The Kier molecular flexibility index (Phi) is 8.63. The Morgan fingerprint density at radius 3 is 1.93 bits per heavy atom. The number of anilines is 1. The maximum absolute atomic E-state index is 12.7. The Hall–Kier alpha value is -5.37. The molecule has 3 N–H and O–H groups in total. The minimum Gasteiger partial charge on any atom is -0.480 e. The summed E-state index contributed by atoms with van der Waals surface area (Å²) in [6, 6.07) is 29.5. The third-order valence-electron chi connectivity index (χ3n) is 7.12. The highest BCUT2D eigenvalue weighted by Gasteiger charge is 2.29. The maximum atomic E-state index is 12.7. The Balaban J connectivity index is 1.17. The topological polar surface area (TPSA) is 114 Å². The molecule has 0 saturated carbocycles. The van der Waals surface area contributed by atoms with Crippen LogP contribution in [0.1, 0.15) is 22.6 Å². The van der Waals surface area contributed by atoms with Crippen LogP contribution >= 0.6 is 0 Å². The van der Waals surface area contributed by atoms with E-state index in [-0.39, 0.29) is 25.6 Å². The second-order valence-electron chi connectivity index (χ2n) is 9.85. The number of hydrogen-bond acceptors (Lipinski definition) is 5. The number of benzene rings is 4. The highest BCUT2D eigenvalue weighted by molar-refractivity contribution is 5.85. The van der Waals surface area contributed by atoms with Gasteiger partial charge < -0.3 is 19.9 Å². The first-order valence-corrected chi connectivity index (χ1v) is 13.5. The number of ether oxygens (including phenoxy) is 2. The van der Waals surface area contributed by atoms with Crippen molar-refractivity contribution in [3.05, 3.63) is 126 Å². The van der Waals surface area contributed by atoms with Crippen molar-refractivity contribution in [3.8, 4) is 22.3 Å². The van der Waals surface area contributed by atoms with E-state index in [4.69, 9.17) is 9.47 Å². The summed E-state index contributed by atoms with van der Waals surface area (Å²) in [4.78, 5) is 36.3. The second-order valence-corrected chi connectivity index (χ2v) is 9.85. The Bertz CT molecular complexity index is 1550. The van der Waals surface area contributed by atoms with Gasteiger partial charge in [0.25, 0.3) is 0 Å². The minimum absolute atomic E-state index is 0.0927. The van der Waals surface area contributed by atoms with Crippen molar-refractivity contribution >= 4 is 23.8 Å². The van der Waals surface area contributed by atoms with Gasteiger partial charge in [-0.25, -0.2) is 14.4 Å². The number of carbonyl (C=O) groups excluding carboxylic acids is 2. The van der Waals surface area contributed by atoms with Gasteiger partial charge in [0.15, 0.2) is 0 Å². The lowest BCUT2D eigenvalue weighted by Crippen LogP contribution is -2.42.